The highest BCUT2D eigenvalue weighted by Crippen LogP contribution is 2.36. The molecule has 4 aromatic rings. The molecule has 1 fully saturated rings. The van der Waals surface area contributed by atoms with Gasteiger partial charge in [0.2, 0.25) is 0 Å². The van der Waals surface area contributed by atoms with Crippen LogP contribution in [0.25, 0.3) is 32.5 Å². The molecule has 34 heavy (non-hydrogen) atoms. The minimum absolute atomic E-state index is 0.0483. The summed E-state index contributed by atoms with van der Waals surface area (Å²) in [6.45, 7) is 4.28. The number of benzene rings is 1. The molecule has 3 aromatic heterocycles. The van der Waals surface area contributed by atoms with E-state index < -0.39 is 11.1 Å². The van der Waals surface area contributed by atoms with E-state index in [-0.39, 0.29) is 5.88 Å². The third-order valence-corrected chi connectivity index (χ3v) is 7.40. The van der Waals surface area contributed by atoms with E-state index in [1.165, 1.54) is 0 Å². The van der Waals surface area contributed by atoms with Crippen LogP contribution in [0.4, 0.5) is 5.82 Å². The zero-order valence-electron chi connectivity index (χ0n) is 18.7. The number of hydrogen-bond donors (Lipinski definition) is 1. The number of H-pyrrole nitrogens is 1. The van der Waals surface area contributed by atoms with Crippen molar-refractivity contribution in [3.63, 3.8) is 0 Å². The maximum Gasteiger partial charge on any atom is 0.162 e. The summed E-state index contributed by atoms with van der Waals surface area (Å²) in [6.07, 6.45) is 1.79. The number of ether oxygens (including phenoxy) is 2. The summed E-state index contributed by atoms with van der Waals surface area (Å²) in [5.74, 6) is 1.48. The Morgan fingerprint density at radius 3 is 2.97 bits per heavy atom. The van der Waals surface area contributed by atoms with Crippen molar-refractivity contribution in [1.29, 1.82) is 0 Å². The number of nitrogens with one attached hydrogen (secondary N) is 1. The molecular formula is C22H25N6O4S2-. The van der Waals surface area contributed by atoms with Gasteiger partial charge >= 0.3 is 0 Å². The fourth-order valence-electron chi connectivity index (χ4n) is 4.09. The molecule has 0 aliphatic carbocycles. The van der Waals surface area contributed by atoms with Crippen LogP contribution in [0.5, 0.6) is 0 Å². The first-order valence-corrected chi connectivity index (χ1v) is 13.0. The lowest BCUT2D eigenvalue weighted by molar-refractivity contribution is 0.122. The molecule has 1 unspecified atom stereocenters. The summed E-state index contributed by atoms with van der Waals surface area (Å²) < 4.78 is 34.4. The van der Waals surface area contributed by atoms with Crippen molar-refractivity contribution < 1.29 is 18.2 Å². The van der Waals surface area contributed by atoms with Crippen molar-refractivity contribution in [2.75, 3.05) is 57.3 Å². The number of hydrogen-bond acceptors (Lipinski definition) is 10. The van der Waals surface area contributed by atoms with Crippen LogP contribution >= 0.6 is 11.3 Å². The molecule has 10 nitrogen and oxygen atoms in total. The standard InChI is InChI=1S/C22H26N6O4S2/c1-31-8-5-27(14-34(29)30)13-15-11-19-20(33-15)22(28-6-9-32-10-7-28)25-21(24-19)16-3-2-4-18-17(16)12-23-26-18/h2-4,11-12H,5-10,13-14H2,1H3,(H,23,26)(H,29,30)/p-1. The van der Waals surface area contributed by atoms with Gasteiger partial charge in [-0.25, -0.2) is 9.97 Å². The molecule has 1 saturated heterocycles. The average molecular weight is 502 g/mol. The quantitative estimate of drug-likeness (QED) is 0.345. The van der Waals surface area contributed by atoms with Crippen molar-refractivity contribution in [2.45, 2.75) is 6.54 Å². The molecule has 180 valence electrons. The molecule has 0 radical (unpaired) electrons. The molecule has 4 heterocycles. The van der Waals surface area contributed by atoms with Crippen LogP contribution in [0.3, 0.4) is 0 Å². The molecule has 5 rings (SSSR count). The molecule has 1 aliphatic rings. The van der Waals surface area contributed by atoms with E-state index >= 15 is 0 Å². The van der Waals surface area contributed by atoms with Gasteiger partial charge in [0.15, 0.2) is 11.6 Å². The smallest absolute Gasteiger partial charge is 0.162 e. The van der Waals surface area contributed by atoms with E-state index in [0.29, 0.717) is 38.7 Å². The van der Waals surface area contributed by atoms with Crippen LogP contribution in [0.1, 0.15) is 4.88 Å². The van der Waals surface area contributed by atoms with E-state index in [0.717, 1.165) is 50.5 Å². The van der Waals surface area contributed by atoms with Gasteiger partial charge in [-0.15, -0.1) is 11.3 Å². The van der Waals surface area contributed by atoms with Crippen LogP contribution in [-0.2, 0) is 27.1 Å². The average Bonchev–Trinajstić information content (AvgIpc) is 3.48. The zero-order valence-corrected chi connectivity index (χ0v) is 20.4. The summed E-state index contributed by atoms with van der Waals surface area (Å²) in [6, 6.07) is 7.99. The Balaban J connectivity index is 1.57. The number of rotatable bonds is 9. The van der Waals surface area contributed by atoms with E-state index in [9.17, 15) is 8.76 Å². The third kappa shape index (κ3) is 4.97. The molecule has 0 saturated carbocycles. The van der Waals surface area contributed by atoms with Gasteiger partial charge in [0, 0.05) is 49.1 Å². The first-order chi connectivity index (χ1) is 16.6. The highest BCUT2D eigenvalue weighted by molar-refractivity contribution is 7.79. The van der Waals surface area contributed by atoms with Gasteiger partial charge in [-0.2, -0.15) is 5.10 Å². The highest BCUT2D eigenvalue weighted by Gasteiger charge is 2.21. The summed E-state index contributed by atoms with van der Waals surface area (Å²) in [4.78, 5) is 15.0. The number of thiophene rings is 1. The summed E-state index contributed by atoms with van der Waals surface area (Å²) in [7, 11) is 1.61. The number of aromatic amines is 1. The summed E-state index contributed by atoms with van der Waals surface area (Å²) >= 11 is -0.565. The van der Waals surface area contributed by atoms with E-state index in [1.807, 2.05) is 29.2 Å². The van der Waals surface area contributed by atoms with Crippen LogP contribution in [0, 0.1) is 0 Å². The zero-order chi connectivity index (χ0) is 23.5. The molecule has 1 atom stereocenters. The normalized spacial score (nSPS) is 15.6. The van der Waals surface area contributed by atoms with Gasteiger partial charge in [-0.3, -0.25) is 14.2 Å². The van der Waals surface area contributed by atoms with Crippen LogP contribution in [0.15, 0.2) is 30.5 Å². The number of aromatic nitrogens is 4. The molecule has 12 heteroatoms. The van der Waals surface area contributed by atoms with Gasteiger partial charge in [-0.1, -0.05) is 12.1 Å². The van der Waals surface area contributed by atoms with Crippen LogP contribution in [-0.4, -0.2) is 86.3 Å². The second-order valence-electron chi connectivity index (χ2n) is 8.01. The Morgan fingerprint density at radius 1 is 1.32 bits per heavy atom. The van der Waals surface area contributed by atoms with Gasteiger partial charge < -0.3 is 18.9 Å². The highest BCUT2D eigenvalue weighted by atomic mass is 32.2. The van der Waals surface area contributed by atoms with Crippen molar-refractivity contribution >= 4 is 49.4 Å². The van der Waals surface area contributed by atoms with Gasteiger partial charge in [0.05, 0.1) is 47.6 Å². The SMILES string of the molecule is COCCN(Cc1cc2nc(-c3cccc4[nH]ncc34)nc(N3CCOCC3)c2s1)CS(=O)[O-]. The number of fused-ring (bicyclic) bond motifs is 2. The number of anilines is 1. The molecule has 0 spiro atoms. The second kappa shape index (κ2) is 10.4. The van der Waals surface area contributed by atoms with E-state index in [2.05, 4.69) is 15.1 Å². The van der Waals surface area contributed by atoms with Crippen LogP contribution in [0.2, 0.25) is 0 Å². The maximum atomic E-state index is 11.4. The molecule has 1 aromatic carbocycles. The molecule has 1 N–H and O–H groups in total. The molecule has 1 aliphatic heterocycles. The minimum atomic E-state index is -2.17. The third-order valence-electron chi connectivity index (χ3n) is 5.72. The number of morpholine rings is 1. The van der Waals surface area contributed by atoms with Gasteiger partial charge in [0.25, 0.3) is 0 Å². The lowest BCUT2D eigenvalue weighted by atomic mass is 10.1. The molecular weight excluding hydrogens is 476 g/mol. The fourth-order valence-corrected chi connectivity index (χ4v) is 5.77. The predicted octanol–water partition coefficient (Wildman–Crippen LogP) is 2.36. The fraction of sp³-hybridized carbons (Fsp3) is 0.409. The molecule has 0 amide bonds. The Labute approximate surface area is 203 Å². The number of nitrogens with zero attached hydrogens (tertiary/aromatic N) is 5. The molecule has 0 bridgehead atoms. The van der Waals surface area contributed by atoms with Gasteiger partial charge in [-0.05, 0) is 23.2 Å². The largest absolute Gasteiger partial charge is 0.771 e. The summed E-state index contributed by atoms with van der Waals surface area (Å²) in [5, 5.41) is 8.15. The Bertz CT molecular complexity index is 1300. The first-order valence-electron chi connectivity index (χ1n) is 10.9. The maximum absolute atomic E-state index is 11.4. The first kappa shape index (κ1) is 23.3. The van der Waals surface area contributed by atoms with E-state index in [4.69, 9.17) is 19.4 Å². The van der Waals surface area contributed by atoms with E-state index in [1.54, 1.807) is 24.6 Å². The Kier molecular flexibility index (Phi) is 7.13. The Morgan fingerprint density at radius 2 is 2.18 bits per heavy atom. The van der Waals surface area contributed by atoms with Crippen molar-refractivity contribution in [1.82, 2.24) is 25.1 Å². The van der Waals surface area contributed by atoms with Crippen molar-refractivity contribution in [3.05, 3.63) is 35.3 Å². The van der Waals surface area contributed by atoms with Gasteiger partial charge in [0.1, 0.15) is 0 Å². The lowest BCUT2D eigenvalue weighted by Crippen LogP contribution is -2.36. The monoisotopic (exact) mass is 501 g/mol. The number of methoxy groups -OCH3 is 1. The summed E-state index contributed by atoms with van der Waals surface area (Å²) in [5.41, 5.74) is 2.69. The van der Waals surface area contributed by atoms with Crippen molar-refractivity contribution in [3.8, 4) is 11.4 Å². The topological polar surface area (TPSA) is 120 Å². The van der Waals surface area contributed by atoms with Crippen LogP contribution < -0.4 is 4.90 Å². The minimum Gasteiger partial charge on any atom is -0.771 e. The lowest BCUT2D eigenvalue weighted by Gasteiger charge is -2.28. The van der Waals surface area contributed by atoms with Crippen molar-refractivity contribution in [2.24, 2.45) is 0 Å². The second-order valence-corrected chi connectivity index (χ2v) is 10.0. The Hall–Kier alpha value is -2.48. The predicted molar refractivity (Wildman–Crippen MR) is 132 cm³/mol.